The number of carbonyl (C=O) groups is 1. The van der Waals surface area contributed by atoms with Gasteiger partial charge in [-0.15, -0.1) is 0 Å². The fourth-order valence-electron chi connectivity index (χ4n) is 7.31. The predicted molar refractivity (Wildman–Crippen MR) is 94.8 cm³/mol. The summed E-state index contributed by atoms with van der Waals surface area (Å²) in [7, 11) is 0. The van der Waals surface area contributed by atoms with Gasteiger partial charge >= 0.3 is 0 Å². The van der Waals surface area contributed by atoms with Gasteiger partial charge < -0.3 is 15.3 Å². The topological polar surface area (TPSA) is 77.8 Å². The highest BCUT2D eigenvalue weighted by Crippen LogP contribution is 2.67. The number of hydrogen-bond acceptors (Lipinski definition) is 4. The number of allylic oxidation sites excluding steroid dienone is 1. The van der Waals surface area contributed by atoms with E-state index in [9.17, 15) is 20.1 Å². The van der Waals surface area contributed by atoms with Gasteiger partial charge in [-0.3, -0.25) is 4.79 Å². The maximum absolute atomic E-state index is 11.9. The van der Waals surface area contributed by atoms with Gasteiger partial charge in [-0.1, -0.05) is 19.4 Å². The molecule has 25 heavy (non-hydrogen) atoms. The number of rotatable bonds is 2. The van der Waals surface area contributed by atoms with E-state index in [1.807, 2.05) is 6.08 Å². The SMILES string of the molecule is C[C@]12CC[C@H]3[C@@H](CCC4=CC(=O)CC[C@]43C)[C@@H]1CC[C@]2(O)[C@H](O)CO. The van der Waals surface area contributed by atoms with Gasteiger partial charge in [-0.25, -0.2) is 0 Å². The average Bonchev–Trinajstić information content (AvgIpc) is 2.87. The second kappa shape index (κ2) is 5.64. The molecule has 0 spiro atoms. The lowest BCUT2D eigenvalue weighted by atomic mass is 9.46. The van der Waals surface area contributed by atoms with Crippen LogP contribution in [0.3, 0.4) is 0 Å². The van der Waals surface area contributed by atoms with E-state index in [0.717, 1.165) is 38.5 Å². The average molecular weight is 348 g/mol. The van der Waals surface area contributed by atoms with Crippen LogP contribution in [0.25, 0.3) is 0 Å². The Morgan fingerprint density at radius 2 is 1.84 bits per heavy atom. The molecule has 0 saturated heterocycles. The molecule has 0 aromatic carbocycles. The van der Waals surface area contributed by atoms with Crippen molar-refractivity contribution >= 4 is 5.78 Å². The molecule has 4 aliphatic carbocycles. The Bertz CT molecular complexity index is 613. The summed E-state index contributed by atoms with van der Waals surface area (Å²) in [6.45, 7) is 4.12. The molecular weight excluding hydrogens is 316 g/mol. The minimum Gasteiger partial charge on any atom is -0.394 e. The molecule has 4 nitrogen and oxygen atoms in total. The first kappa shape index (κ1) is 17.7. The van der Waals surface area contributed by atoms with E-state index in [1.165, 1.54) is 5.57 Å². The van der Waals surface area contributed by atoms with E-state index in [4.69, 9.17) is 0 Å². The molecule has 0 heterocycles. The number of hydrogen-bond donors (Lipinski definition) is 3. The van der Waals surface area contributed by atoms with Crippen molar-refractivity contribution < 1.29 is 20.1 Å². The first-order valence-electron chi connectivity index (χ1n) is 10.0. The molecule has 140 valence electrons. The van der Waals surface area contributed by atoms with Crippen molar-refractivity contribution in [2.45, 2.75) is 76.9 Å². The van der Waals surface area contributed by atoms with Crippen molar-refractivity contribution in [3.8, 4) is 0 Å². The van der Waals surface area contributed by atoms with Crippen molar-refractivity contribution in [3.05, 3.63) is 11.6 Å². The lowest BCUT2D eigenvalue weighted by Crippen LogP contribution is -2.59. The Morgan fingerprint density at radius 3 is 2.56 bits per heavy atom. The molecule has 3 N–H and O–H groups in total. The highest BCUT2D eigenvalue weighted by atomic mass is 16.4. The van der Waals surface area contributed by atoms with Crippen LogP contribution in [0.2, 0.25) is 0 Å². The molecule has 0 aromatic heterocycles. The van der Waals surface area contributed by atoms with Crippen molar-refractivity contribution in [3.63, 3.8) is 0 Å². The van der Waals surface area contributed by atoms with Crippen LogP contribution >= 0.6 is 0 Å². The zero-order valence-electron chi connectivity index (χ0n) is 15.5. The van der Waals surface area contributed by atoms with Crippen LogP contribution in [0.4, 0.5) is 0 Å². The fraction of sp³-hybridized carbons (Fsp3) is 0.857. The number of fused-ring (bicyclic) bond motifs is 5. The van der Waals surface area contributed by atoms with E-state index in [0.29, 0.717) is 30.6 Å². The minimum absolute atomic E-state index is 0.133. The monoisotopic (exact) mass is 348 g/mol. The van der Waals surface area contributed by atoms with Crippen LogP contribution in [0.15, 0.2) is 11.6 Å². The fourth-order valence-corrected chi connectivity index (χ4v) is 7.31. The first-order valence-corrected chi connectivity index (χ1v) is 10.0. The van der Waals surface area contributed by atoms with Crippen molar-refractivity contribution in [2.24, 2.45) is 28.6 Å². The molecule has 3 fully saturated rings. The highest BCUT2D eigenvalue weighted by Gasteiger charge is 2.65. The van der Waals surface area contributed by atoms with Gasteiger partial charge in [0.1, 0.15) is 6.10 Å². The molecule has 0 aliphatic heterocycles. The second-order valence-electron chi connectivity index (χ2n) is 9.59. The largest absolute Gasteiger partial charge is 0.394 e. The molecule has 7 atom stereocenters. The van der Waals surface area contributed by atoms with E-state index < -0.39 is 11.7 Å². The maximum atomic E-state index is 11.9. The third-order valence-corrected chi connectivity index (χ3v) is 8.90. The van der Waals surface area contributed by atoms with Crippen molar-refractivity contribution in [1.82, 2.24) is 0 Å². The Balaban J connectivity index is 1.67. The quantitative estimate of drug-likeness (QED) is 0.717. The molecule has 3 saturated carbocycles. The van der Waals surface area contributed by atoms with Crippen LogP contribution in [0.5, 0.6) is 0 Å². The van der Waals surface area contributed by atoms with Gasteiger partial charge in [0.15, 0.2) is 5.78 Å². The van der Waals surface area contributed by atoms with Crippen LogP contribution < -0.4 is 0 Å². The summed E-state index contributed by atoms with van der Waals surface area (Å²) in [6.07, 6.45) is 8.03. The summed E-state index contributed by atoms with van der Waals surface area (Å²) in [4.78, 5) is 11.9. The third kappa shape index (κ3) is 2.20. The van der Waals surface area contributed by atoms with Crippen molar-refractivity contribution in [2.75, 3.05) is 6.61 Å². The number of aliphatic hydroxyl groups excluding tert-OH is 2. The zero-order valence-corrected chi connectivity index (χ0v) is 15.5. The smallest absolute Gasteiger partial charge is 0.155 e. The Morgan fingerprint density at radius 1 is 1.12 bits per heavy atom. The minimum atomic E-state index is -1.17. The van der Waals surface area contributed by atoms with Crippen LogP contribution in [-0.4, -0.2) is 39.4 Å². The summed E-state index contributed by atoms with van der Waals surface area (Å²) in [5.74, 6) is 1.81. The lowest BCUT2D eigenvalue weighted by Gasteiger charge is -2.59. The standard InChI is InChI=1S/C21H32O4/c1-19-8-5-14(23)11-13(19)3-4-15-16(19)6-9-20(2)17(15)7-10-21(20,25)18(24)12-22/h11,15-18,22,24-25H,3-10,12H2,1-2H3/t15-,16+,17+,18-,19-,20+,21+/m1/s1. The Kier molecular flexibility index (Phi) is 3.99. The van der Waals surface area contributed by atoms with Crippen molar-refractivity contribution in [1.29, 1.82) is 0 Å². The zero-order chi connectivity index (χ0) is 18.0. The molecule has 0 radical (unpaired) electrons. The number of ketones is 1. The first-order chi connectivity index (χ1) is 11.8. The summed E-state index contributed by atoms with van der Waals surface area (Å²) < 4.78 is 0. The molecule has 0 unspecified atom stereocenters. The lowest BCUT2D eigenvalue weighted by molar-refractivity contribution is -0.184. The summed E-state index contributed by atoms with van der Waals surface area (Å²) in [6, 6.07) is 0. The Hall–Kier alpha value is -0.710. The Labute approximate surface area is 150 Å². The molecular formula is C21H32O4. The molecule has 0 bridgehead atoms. The van der Waals surface area contributed by atoms with Gasteiger partial charge in [0.2, 0.25) is 0 Å². The normalized spacial score (nSPS) is 50.5. The third-order valence-electron chi connectivity index (χ3n) is 8.90. The molecule has 4 rings (SSSR count). The van der Waals surface area contributed by atoms with E-state index >= 15 is 0 Å². The highest BCUT2D eigenvalue weighted by molar-refractivity contribution is 5.91. The molecule has 0 amide bonds. The maximum Gasteiger partial charge on any atom is 0.155 e. The van der Waals surface area contributed by atoms with E-state index in [1.54, 1.807) is 0 Å². The van der Waals surface area contributed by atoms with Gasteiger partial charge in [-0.2, -0.15) is 0 Å². The number of aliphatic hydroxyl groups is 3. The van der Waals surface area contributed by atoms with Crippen LogP contribution in [0, 0.1) is 28.6 Å². The van der Waals surface area contributed by atoms with E-state index in [-0.39, 0.29) is 23.2 Å². The summed E-state index contributed by atoms with van der Waals surface area (Å²) in [5.41, 5.74) is 0.00120. The second-order valence-corrected chi connectivity index (χ2v) is 9.59. The summed E-state index contributed by atoms with van der Waals surface area (Å²) >= 11 is 0. The van der Waals surface area contributed by atoms with Crippen LogP contribution in [-0.2, 0) is 4.79 Å². The van der Waals surface area contributed by atoms with Gasteiger partial charge in [0.05, 0.1) is 12.2 Å². The van der Waals surface area contributed by atoms with Gasteiger partial charge in [-0.05, 0) is 74.2 Å². The molecule has 0 aromatic rings. The molecule has 4 heteroatoms. The summed E-state index contributed by atoms with van der Waals surface area (Å²) in [5, 5.41) is 31.1. The number of carbonyl (C=O) groups excluding carboxylic acids is 1. The predicted octanol–water partition coefficient (Wildman–Crippen LogP) is 2.60. The van der Waals surface area contributed by atoms with E-state index in [2.05, 4.69) is 13.8 Å². The van der Waals surface area contributed by atoms with Gasteiger partial charge in [0.25, 0.3) is 0 Å². The van der Waals surface area contributed by atoms with Gasteiger partial charge in [0, 0.05) is 11.8 Å². The molecule has 4 aliphatic rings. The van der Waals surface area contributed by atoms with Crippen LogP contribution in [0.1, 0.15) is 65.2 Å².